The van der Waals surface area contributed by atoms with E-state index in [4.69, 9.17) is 18.0 Å². The molecule has 0 saturated heterocycles. The number of hydrogen-bond donors (Lipinski definition) is 2. The Hall–Kier alpha value is -1.40. The number of rotatable bonds is 3. The largest absolute Gasteiger partial charge is 0.376 e. The van der Waals surface area contributed by atoms with E-state index in [1.807, 2.05) is 35.1 Å². The normalized spacial score (nSPS) is 10.2. The molecule has 1 aromatic carbocycles. The molecule has 0 bridgehead atoms. The average Bonchev–Trinajstić information content (AvgIpc) is 2.63. The molecular formula is C11H11BrN4S. The highest BCUT2D eigenvalue weighted by molar-refractivity contribution is 9.10. The minimum Gasteiger partial charge on any atom is -0.376 e. The topological polar surface area (TPSA) is 55.9 Å². The van der Waals surface area contributed by atoms with Gasteiger partial charge in [-0.05, 0) is 45.8 Å². The van der Waals surface area contributed by atoms with Gasteiger partial charge in [0.15, 0.2) is 5.11 Å². The first-order valence-corrected chi connectivity index (χ1v) is 6.17. The van der Waals surface area contributed by atoms with Crippen LogP contribution in [0, 0.1) is 0 Å². The van der Waals surface area contributed by atoms with Crippen molar-refractivity contribution >= 4 is 38.9 Å². The summed E-state index contributed by atoms with van der Waals surface area (Å²) in [5, 5.41) is 7.37. The number of hydrogen-bond acceptors (Lipinski definition) is 2. The van der Waals surface area contributed by atoms with Gasteiger partial charge in [-0.2, -0.15) is 5.10 Å². The fraction of sp³-hybridized carbons (Fsp3) is 0.0909. The summed E-state index contributed by atoms with van der Waals surface area (Å²) in [5.74, 6) is 0. The van der Waals surface area contributed by atoms with E-state index in [9.17, 15) is 0 Å². The van der Waals surface area contributed by atoms with Gasteiger partial charge < -0.3 is 11.1 Å². The summed E-state index contributed by atoms with van der Waals surface area (Å²) in [6.07, 6.45) is 3.69. The van der Waals surface area contributed by atoms with Gasteiger partial charge in [-0.3, -0.25) is 4.68 Å². The van der Waals surface area contributed by atoms with Crippen LogP contribution in [0.3, 0.4) is 0 Å². The zero-order valence-corrected chi connectivity index (χ0v) is 11.3. The number of nitrogens with two attached hydrogens (primary N) is 1. The number of halogens is 1. The maximum atomic E-state index is 5.43. The van der Waals surface area contributed by atoms with E-state index in [0.29, 0.717) is 6.54 Å². The standard InChI is InChI=1S/C11H11BrN4S/c12-9-5-14-16(7-9)6-8-2-1-3-10(4-8)15-11(13)17/h1-5,7H,6H2,(H3,13,15,17). The van der Waals surface area contributed by atoms with Gasteiger partial charge in [0.05, 0.1) is 17.2 Å². The van der Waals surface area contributed by atoms with E-state index in [-0.39, 0.29) is 5.11 Å². The van der Waals surface area contributed by atoms with Gasteiger partial charge in [-0.1, -0.05) is 12.1 Å². The number of thiocarbonyl (C=S) groups is 1. The van der Waals surface area contributed by atoms with E-state index < -0.39 is 0 Å². The lowest BCUT2D eigenvalue weighted by Gasteiger charge is -2.06. The minimum absolute atomic E-state index is 0.268. The van der Waals surface area contributed by atoms with Crippen LogP contribution in [0.15, 0.2) is 41.1 Å². The molecule has 0 aliphatic rings. The van der Waals surface area contributed by atoms with Gasteiger partial charge in [0.2, 0.25) is 0 Å². The van der Waals surface area contributed by atoms with Gasteiger partial charge in [0.25, 0.3) is 0 Å². The highest BCUT2D eigenvalue weighted by Gasteiger charge is 1.99. The van der Waals surface area contributed by atoms with Crippen LogP contribution in [-0.4, -0.2) is 14.9 Å². The summed E-state index contributed by atoms with van der Waals surface area (Å²) in [5.41, 5.74) is 7.44. The maximum absolute atomic E-state index is 5.43. The second-order valence-corrected chi connectivity index (χ2v) is 4.90. The van der Waals surface area contributed by atoms with Crippen molar-refractivity contribution in [3.8, 4) is 0 Å². The number of nitrogens with zero attached hydrogens (tertiary/aromatic N) is 2. The number of nitrogens with one attached hydrogen (secondary N) is 1. The van der Waals surface area contributed by atoms with Gasteiger partial charge in [0.1, 0.15) is 0 Å². The molecule has 17 heavy (non-hydrogen) atoms. The van der Waals surface area contributed by atoms with Crippen LogP contribution in [0.25, 0.3) is 0 Å². The van der Waals surface area contributed by atoms with Crippen molar-refractivity contribution in [3.63, 3.8) is 0 Å². The van der Waals surface area contributed by atoms with Crippen molar-refractivity contribution in [1.82, 2.24) is 9.78 Å². The van der Waals surface area contributed by atoms with E-state index in [2.05, 4.69) is 26.3 Å². The molecule has 2 aromatic rings. The van der Waals surface area contributed by atoms with Crippen LogP contribution in [0.2, 0.25) is 0 Å². The smallest absolute Gasteiger partial charge is 0.168 e. The molecule has 0 spiro atoms. The Morgan fingerprint density at radius 2 is 2.35 bits per heavy atom. The summed E-state index contributed by atoms with van der Waals surface area (Å²) in [6, 6.07) is 7.89. The molecule has 0 aliphatic carbocycles. The van der Waals surface area contributed by atoms with Crippen molar-refractivity contribution in [2.75, 3.05) is 5.32 Å². The minimum atomic E-state index is 0.268. The van der Waals surface area contributed by atoms with E-state index in [0.717, 1.165) is 15.7 Å². The van der Waals surface area contributed by atoms with Crippen LogP contribution in [-0.2, 0) is 6.54 Å². The Morgan fingerprint density at radius 3 is 3.00 bits per heavy atom. The third-order valence-electron chi connectivity index (χ3n) is 2.14. The van der Waals surface area contributed by atoms with Crippen LogP contribution in [0.4, 0.5) is 5.69 Å². The third-order valence-corrected chi connectivity index (χ3v) is 2.65. The molecule has 0 fully saturated rings. The average molecular weight is 311 g/mol. The molecule has 4 nitrogen and oxygen atoms in total. The van der Waals surface area contributed by atoms with Crippen LogP contribution < -0.4 is 11.1 Å². The Balaban J connectivity index is 2.13. The first-order chi connectivity index (χ1) is 8.13. The fourth-order valence-corrected chi connectivity index (χ4v) is 1.95. The van der Waals surface area contributed by atoms with E-state index in [1.165, 1.54) is 0 Å². The highest BCUT2D eigenvalue weighted by Crippen LogP contribution is 2.13. The van der Waals surface area contributed by atoms with Crippen molar-refractivity contribution in [2.24, 2.45) is 5.73 Å². The molecule has 6 heteroatoms. The summed E-state index contributed by atoms with van der Waals surface area (Å²) in [6.45, 7) is 0.707. The van der Waals surface area contributed by atoms with Crippen molar-refractivity contribution in [1.29, 1.82) is 0 Å². The van der Waals surface area contributed by atoms with Gasteiger partial charge in [0, 0.05) is 11.9 Å². The van der Waals surface area contributed by atoms with Crippen molar-refractivity contribution in [2.45, 2.75) is 6.54 Å². The van der Waals surface area contributed by atoms with Gasteiger partial charge in [-0.15, -0.1) is 0 Å². The number of benzene rings is 1. The predicted molar refractivity (Wildman–Crippen MR) is 75.9 cm³/mol. The van der Waals surface area contributed by atoms with Crippen LogP contribution in [0.5, 0.6) is 0 Å². The lowest BCUT2D eigenvalue weighted by atomic mass is 10.2. The Bertz CT molecular complexity index is 538. The Labute approximate surface area is 113 Å². The molecule has 88 valence electrons. The number of aromatic nitrogens is 2. The van der Waals surface area contributed by atoms with Gasteiger partial charge >= 0.3 is 0 Å². The lowest BCUT2D eigenvalue weighted by molar-refractivity contribution is 0.687. The van der Waals surface area contributed by atoms with Crippen LogP contribution >= 0.6 is 28.1 Å². The monoisotopic (exact) mass is 310 g/mol. The van der Waals surface area contributed by atoms with E-state index >= 15 is 0 Å². The highest BCUT2D eigenvalue weighted by atomic mass is 79.9. The molecule has 1 aromatic heterocycles. The molecule has 2 rings (SSSR count). The third kappa shape index (κ3) is 3.54. The molecule has 3 N–H and O–H groups in total. The maximum Gasteiger partial charge on any atom is 0.168 e. The quantitative estimate of drug-likeness (QED) is 0.855. The molecule has 0 atom stereocenters. The predicted octanol–water partition coefficient (Wildman–Crippen LogP) is 2.35. The molecule has 0 aliphatic heterocycles. The summed E-state index contributed by atoms with van der Waals surface area (Å²) < 4.78 is 2.82. The molecule has 0 amide bonds. The summed E-state index contributed by atoms with van der Waals surface area (Å²) >= 11 is 8.16. The Morgan fingerprint density at radius 1 is 1.53 bits per heavy atom. The number of anilines is 1. The zero-order chi connectivity index (χ0) is 12.3. The lowest BCUT2D eigenvalue weighted by Crippen LogP contribution is -2.18. The second-order valence-electron chi connectivity index (χ2n) is 3.55. The second kappa shape index (κ2) is 5.29. The molecule has 0 radical (unpaired) electrons. The molecule has 0 saturated carbocycles. The van der Waals surface area contributed by atoms with E-state index in [1.54, 1.807) is 6.20 Å². The van der Waals surface area contributed by atoms with Gasteiger partial charge in [-0.25, -0.2) is 0 Å². The SMILES string of the molecule is NC(=S)Nc1cccc(Cn2cc(Br)cn2)c1. The first-order valence-electron chi connectivity index (χ1n) is 4.97. The van der Waals surface area contributed by atoms with Crippen molar-refractivity contribution in [3.05, 3.63) is 46.7 Å². The molecular weight excluding hydrogens is 300 g/mol. The van der Waals surface area contributed by atoms with Crippen LogP contribution in [0.1, 0.15) is 5.56 Å². The fourth-order valence-electron chi connectivity index (χ4n) is 1.50. The zero-order valence-electron chi connectivity index (χ0n) is 8.93. The Kier molecular flexibility index (Phi) is 3.75. The first kappa shape index (κ1) is 12.1. The summed E-state index contributed by atoms with van der Waals surface area (Å²) in [4.78, 5) is 0. The summed E-state index contributed by atoms with van der Waals surface area (Å²) in [7, 11) is 0. The molecule has 0 unspecified atom stereocenters. The molecule has 1 heterocycles. The van der Waals surface area contributed by atoms with Crippen molar-refractivity contribution < 1.29 is 0 Å².